The highest BCUT2D eigenvalue weighted by atomic mass is 16.5. The third-order valence-corrected chi connectivity index (χ3v) is 6.89. The minimum absolute atomic E-state index is 0.0602. The van der Waals surface area contributed by atoms with Crippen LogP contribution in [0.15, 0.2) is 36.4 Å². The van der Waals surface area contributed by atoms with E-state index in [1.165, 1.54) is 12.2 Å². The van der Waals surface area contributed by atoms with Crippen molar-refractivity contribution in [3.05, 3.63) is 42.0 Å². The number of rotatable bonds is 19. The van der Waals surface area contributed by atoms with Crippen LogP contribution in [0.5, 0.6) is 0 Å². The quantitative estimate of drug-likeness (QED) is 0.0688. The second-order valence-electron chi connectivity index (χ2n) is 11.1. The van der Waals surface area contributed by atoms with E-state index in [9.17, 15) is 38.7 Å². The molecule has 17 nitrogen and oxygen atoms in total. The molecular weight excluding hydrogens is 616 g/mol. The highest BCUT2D eigenvalue weighted by molar-refractivity contribution is 5.98. The van der Waals surface area contributed by atoms with E-state index in [1.807, 2.05) is 0 Å². The Morgan fingerprint density at radius 3 is 1.98 bits per heavy atom. The first-order valence-corrected chi connectivity index (χ1v) is 15.2. The van der Waals surface area contributed by atoms with E-state index in [0.29, 0.717) is 11.3 Å². The van der Waals surface area contributed by atoms with Crippen molar-refractivity contribution in [2.45, 2.75) is 70.9 Å². The summed E-state index contributed by atoms with van der Waals surface area (Å²) in [6.07, 6.45) is 1.75. The van der Waals surface area contributed by atoms with Gasteiger partial charge in [-0.25, -0.2) is 9.59 Å². The fraction of sp³-hybridized carbons (Fsp3) is 0.500. The van der Waals surface area contributed by atoms with Crippen molar-refractivity contribution in [3.63, 3.8) is 0 Å². The van der Waals surface area contributed by atoms with Crippen molar-refractivity contribution >= 4 is 47.3 Å². The molecule has 8 amide bonds. The summed E-state index contributed by atoms with van der Waals surface area (Å²) < 4.78 is 5.21. The molecule has 1 aromatic rings. The average molecular weight is 661 g/mol. The van der Waals surface area contributed by atoms with Gasteiger partial charge in [0, 0.05) is 37.8 Å². The number of ether oxygens (including phenoxy) is 1. The van der Waals surface area contributed by atoms with Crippen LogP contribution in [0, 0.1) is 5.92 Å². The SMILES string of the molecule is CC(C)C(=O)OCc1ccc(NC(=O)[C@H](CCCNC(N)=O)NC(=O)[C@H](CCCNC(N)=O)NC(=O)CCN2C(=O)C=CC2O)cc1. The summed E-state index contributed by atoms with van der Waals surface area (Å²) in [5.41, 5.74) is 11.3. The zero-order valence-electron chi connectivity index (χ0n) is 26.5. The molecule has 0 saturated carbocycles. The number of benzene rings is 1. The molecule has 0 radical (unpaired) electrons. The number of carbonyl (C=O) groups is 7. The highest BCUT2D eigenvalue weighted by Gasteiger charge is 2.28. The number of nitrogens with zero attached hydrogens (tertiary/aromatic N) is 1. The Labute approximate surface area is 272 Å². The van der Waals surface area contributed by atoms with Gasteiger partial charge in [0.2, 0.25) is 23.6 Å². The number of amides is 8. The highest BCUT2D eigenvalue weighted by Crippen LogP contribution is 2.13. The van der Waals surface area contributed by atoms with Gasteiger partial charge in [0.15, 0.2) is 0 Å². The molecule has 10 N–H and O–H groups in total. The Kier molecular flexibility index (Phi) is 15.6. The number of anilines is 1. The number of urea groups is 2. The molecule has 2 rings (SSSR count). The van der Waals surface area contributed by atoms with Gasteiger partial charge in [-0.05, 0) is 49.5 Å². The van der Waals surface area contributed by atoms with E-state index in [0.717, 1.165) is 4.90 Å². The summed E-state index contributed by atoms with van der Waals surface area (Å²) in [5, 5.41) is 22.7. The lowest BCUT2D eigenvalue weighted by Crippen LogP contribution is -2.53. The van der Waals surface area contributed by atoms with E-state index in [-0.39, 0.29) is 70.2 Å². The van der Waals surface area contributed by atoms with Gasteiger partial charge in [0.05, 0.1) is 5.92 Å². The largest absolute Gasteiger partial charge is 0.461 e. The van der Waals surface area contributed by atoms with Crippen molar-refractivity contribution in [3.8, 4) is 0 Å². The van der Waals surface area contributed by atoms with E-state index in [2.05, 4.69) is 26.6 Å². The average Bonchev–Trinajstić information content (AvgIpc) is 3.34. The van der Waals surface area contributed by atoms with Crippen LogP contribution in [-0.2, 0) is 35.3 Å². The fourth-order valence-corrected chi connectivity index (χ4v) is 4.31. The maximum absolute atomic E-state index is 13.4. The number of nitrogens with one attached hydrogen (secondary N) is 5. The second-order valence-corrected chi connectivity index (χ2v) is 11.1. The molecular formula is C30H44N8O9. The van der Waals surface area contributed by atoms with Crippen molar-refractivity contribution in [1.82, 2.24) is 26.2 Å². The topological polar surface area (TPSA) is 264 Å². The molecule has 0 aromatic heterocycles. The molecule has 258 valence electrons. The first-order chi connectivity index (χ1) is 22.3. The summed E-state index contributed by atoms with van der Waals surface area (Å²) in [6, 6.07) is 2.81. The van der Waals surface area contributed by atoms with Crippen LogP contribution in [0.3, 0.4) is 0 Å². The lowest BCUT2D eigenvalue weighted by Gasteiger charge is -2.24. The summed E-state index contributed by atoms with van der Waals surface area (Å²) in [6.45, 7) is 3.65. The van der Waals surface area contributed by atoms with Crippen LogP contribution in [0.2, 0.25) is 0 Å². The van der Waals surface area contributed by atoms with E-state index in [4.69, 9.17) is 16.2 Å². The molecule has 0 fully saturated rings. The van der Waals surface area contributed by atoms with Gasteiger partial charge in [-0.1, -0.05) is 26.0 Å². The van der Waals surface area contributed by atoms with Gasteiger partial charge in [-0.2, -0.15) is 0 Å². The standard InChI is InChI=1S/C30H44N8O9/c1-18(2)28(44)47-17-19-7-9-20(10-8-19)35-26(42)22(6-4-15-34-30(32)46)37-27(43)21(5-3-14-33-29(31)45)36-23(39)13-16-38-24(40)11-12-25(38)41/h7-12,18,21-22,24,40H,3-6,13-17H2,1-2H3,(H,35,42)(H,36,39)(H,37,43)(H3,31,33,45)(H3,32,34,46)/t21-,22-,24?/m0/s1. The van der Waals surface area contributed by atoms with Crippen LogP contribution in [0.1, 0.15) is 51.5 Å². The van der Waals surface area contributed by atoms with Gasteiger partial charge in [-0.3, -0.25) is 24.0 Å². The molecule has 1 aliphatic rings. The summed E-state index contributed by atoms with van der Waals surface area (Å²) in [5.74, 6) is -2.94. The normalized spacial score (nSPS) is 15.0. The van der Waals surface area contributed by atoms with E-state index < -0.39 is 54.0 Å². The predicted molar refractivity (Wildman–Crippen MR) is 169 cm³/mol. The number of esters is 1. The third kappa shape index (κ3) is 14.2. The monoisotopic (exact) mass is 660 g/mol. The molecule has 1 unspecified atom stereocenters. The minimum Gasteiger partial charge on any atom is -0.461 e. The van der Waals surface area contributed by atoms with Gasteiger partial charge >= 0.3 is 18.0 Å². The number of hydrogen-bond acceptors (Lipinski definition) is 9. The second kappa shape index (κ2) is 19.4. The molecule has 0 bridgehead atoms. The van der Waals surface area contributed by atoms with Crippen molar-refractivity contribution in [2.75, 3.05) is 25.0 Å². The summed E-state index contributed by atoms with van der Waals surface area (Å²) >= 11 is 0. The number of hydrogen-bond donors (Lipinski definition) is 8. The molecule has 0 aliphatic carbocycles. The summed E-state index contributed by atoms with van der Waals surface area (Å²) in [7, 11) is 0. The summed E-state index contributed by atoms with van der Waals surface area (Å²) in [4.78, 5) is 86.4. The van der Waals surface area contributed by atoms with Gasteiger partial charge in [-0.15, -0.1) is 0 Å². The minimum atomic E-state index is -1.16. The van der Waals surface area contributed by atoms with Gasteiger partial charge in [0.25, 0.3) is 0 Å². The molecule has 0 saturated heterocycles. The molecule has 17 heteroatoms. The zero-order valence-corrected chi connectivity index (χ0v) is 26.5. The fourth-order valence-electron chi connectivity index (χ4n) is 4.31. The van der Waals surface area contributed by atoms with Crippen LogP contribution >= 0.6 is 0 Å². The maximum atomic E-state index is 13.4. The smallest absolute Gasteiger partial charge is 0.312 e. The first-order valence-electron chi connectivity index (χ1n) is 15.2. The Morgan fingerprint density at radius 1 is 0.894 bits per heavy atom. The number of aliphatic hydroxyl groups is 1. The molecule has 3 atom stereocenters. The molecule has 0 spiro atoms. The number of aliphatic hydroxyl groups excluding tert-OH is 1. The van der Waals surface area contributed by atoms with Crippen molar-refractivity contribution in [2.24, 2.45) is 17.4 Å². The molecule has 1 aromatic carbocycles. The zero-order chi connectivity index (χ0) is 34.9. The molecule has 1 aliphatic heterocycles. The first kappa shape index (κ1) is 38.0. The predicted octanol–water partition coefficient (Wildman–Crippen LogP) is -0.702. The van der Waals surface area contributed by atoms with E-state index in [1.54, 1.807) is 38.1 Å². The number of primary amides is 2. The Hall–Kier alpha value is -5.19. The maximum Gasteiger partial charge on any atom is 0.312 e. The van der Waals surface area contributed by atoms with Gasteiger partial charge in [0.1, 0.15) is 24.9 Å². The van der Waals surface area contributed by atoms with E-state index >= 15 is 0 Å². The van der Waals surface area contributed by atoms with Crippen LogP contribution in [-0.4, -0.2) is 89.6 Å². The Balaban J connectivity index is 2.10. The Morgan fingerprint density at radius 2 is 1.47 bits per heavy atom. The molecule has 1 heterocycles. The lowest BCUT2D eigenvalue weighted by atomic mass is 10.1. The molecule has 47 heavy (non-hydrogen) atoms. The van der Waals surface area contributed by atoms with Crippen molar-refractivity contribution in [1.29, 1.82) is 0 Å². The van der Waals surface area contributed by atoms with Crippen LogP contribution in [0.4, 0.5) is 15.3 Å². The Bertz CT molecular complexity index is 1300. The number of carbonyl (C=O) groups excluding carboxylic acids is 7. The lowest BCUT2D eigenvalue weighted by molar-refractivity contribution is -0.148. The van der Waals surface area contributed by atoms with Crippen LogP contribution in [0.25, 0.3) is 0 Å². The third-order valence-electron chi connectivity index (χ3n) is 6.89. The number of nitrogens with two attached hydrogens (primary N) is 2. The van der Waals surface area contributed by atoms with Crippen molar-refractivity contribution < 1.29 is 43.4 Å². The van der Waals surface area contributed by atoms with Gasteiger partial charge < -0.3 is 52.8 Å². The van der Waals surface area contributed by atoms with Crippen LogP contribution < -0.4 is 38.1 Å².